The summed E-state index contributed by atoms with van der Waals surface area (Å²) in [5, 5.41) is 11.4. The Kier molecular flexibility index (Phi) is 5.51. The van der Waals surface area contributed by atoms with Gasteiger partial charge in [0, 0.05) is 0 Å². The smallest absolute Gasteiger partial charge is 0.343 e. The van der Waals surface area contributed by atoms with Gasteiger partial charge in [-0.3, -0.25) is 4.79 Å². The second kappa shape index (κ2) is 7.57. The molecule has 1 atom stereocenters. The van der Waals surface area contributed by atoms with Gasteiger partial charge in [0.25, 0.3) is 5.91 Å². The Morgan fingerprint density at radius 3 is 2.62 bits per heavy atom. The zero-order valence-electron chi connectivity index (χ0n) is 12.5. The van der Waals surface area contributed by atoms with Crippen LogP contribution in [0.2, 0.25) is 5.02 Å². The van der Waals surface area contributed by atoms with E-state index in [1.165, 1.54) is 25.1 Å². The van der Waals surface area contributed by atoms with Gasteiger partial charge < -0.3 is 10.1 Å². The average Bonchev–Trinajstić information content (AvgIpc) is 2.55. The van der Waals surface area contributed by atoms with Crippen molar-refractivity contribution in [2.75, 3.05) is 5.32 Å². The molecule has 0 spiro atoms. The quantitative estimate of drug-likeness (QED) is 0.859. The fraction of sp³-hybridized carbons (Fsp3) is 0.118. The van der Waals surface area contributed by atoms with Crippen LogP contribution in [0.15, 0.2) is 42.5 Å². The van der Waals surface area contributed by atoms with Crippen LogP contribution in [-0.4, -0.2) is 18.0 Å². The topological polar surface area (TPSA) is 79.2 Å². The Balaban J connectivity index is 2.09. The van der Waals surface area contributed by atoms with Crippen molar-refractivity contribution < 1.29 is 18.7 Å². The number of halogens is 2. The molecule has 0 saturated heterocycles. The van der Waals surface area contributed by atoms with Crippen molar-refractivity contribution in [3.05, 3.63) is 64.4 Å². The molecule has 0 aliphatic rings. The van der Waals surface area contributed by atoms with Gasteiger partial charge in [0.15, 0.2) is 6.10 Å². The highest BCUT2D eigenvalue weighted by atomic mass is 35.5. The lowest BCUT2D eigenvalue weighted by molar-refractivity contribution is -0.123. The van der Waals surface area contributed by atoms with E-state index in [0.717, 1.165) is 6.07 Å². The van der Waals surface area contributed by atoms with Crippen molar-refractivity contribution in [3.63, 3.8) is 0 Å². The number of hydrogen-bond acceptors (Lipinski definition) is 4. The Hall–Kier alpha value is -2.91. The van der Waals surface area contributed by atoms with E-state index in [2.05, 4.69) is 5.32 Å². The van der Waals surface area contributed by atoms with E-state index in [1.54, 1.807) is 18.2 Å². The summed E-state index contributed by atoms with van der Waals surface area (Å²) >= 11 is 5.78. The van der Waals surface area contributed by atoms with E-state index < -0.39 is 29.4 Å². The van der Waals surface area contributed by atoms with Crippen molar-refractivity contribution in [1.82, 2.24) is 0 Å². The zero-order valence-corrected chi connectivity index (χ0v) is 13.3. The minimum absolute atomic E-state index is 0.109. The van der Waals surface area contributed by atoms with E-state index in [-0.39, 0.29) is 16.3 Å². The molecule has 5 nitrogen and oxygen atoms in total. The highest BCUT2D eigenvalue weighted by Gasteiger charge is 2.23. The number of nitriles is 1. The van der Waals surface area contributed by atoms with E-state index in [4.69, 9.17) is 21.6 Å². The lowest BCUT2D eigenvalue weighted by Crippen LogP contribution is -2.30. The Morgan fingerprint density at radius 2 is 1.96 bits per heavy atom. The van der Waals surface area contributed by atoms with Crippen LogP contribution in [0.3, 0.4) is 0 Å². The maximum Gasteiger partial charge on any atom is 0.343 e. The molecule has 1 unspecified atom stereocenters. The second-order valence-electron chi connectivity index (χ2n) is 4.79. The number of carbonyl (C=O) groups excluding carboxylic acids is 2. The molecule has 1 N–H and O–H groups in total. The number of ether oxygens (including phenoxy) is 1. The summed E-state index contributed by atoms with van der Waals surface area (Å²) in [6.07, 6.45) is -1.21. The molecule has 24 heavy (non-hydrogen) atoms. The van der Waals surface area contributed by atoms with Crippen molar-refractivity contribution >= 4 is 29.2 Å². The number of benzene rings is 2. The first-order chi connectivity index (χ1) is 11.4. The minimum Gasteiger partial charge on any atom is -0.449 e. The van der Waals surface area contributed by atoms with Gasteiger partial charge in [-0.15, -0.1) is 0 Å². The third kappa shape index (κ3) is 3.89. The summed E-state index contributed by atoms with van der Waals surface area (Å²) in [7, 11) is 0. The van der Waals surface area contributed by atoms with Gasteiger partial charge in [0.05, 0.1) is 16.3 Å². The third-order valence-electron chi connectivity index (χ3n) is 3.13. The van der Waals surface area contributed by atoms with Crippen LogP contribution in [0.1, 0.15) is 22.8 Å². The van der Waals surface area contributed by atoms with Gasteiger partial charge in [0.1, 0.15) is 17.4 Å². The van der Waals surface area contributed by atoms with Crippen molar-refractivity contribution in [1.29, 1.82) is 5.26 Å². The SMILES string of the molecule is CC(OC(=O)c1c(F)cccc1Cl)C(=O)Nc1ccccc1C#N. The fourth-order valence-corrected chi connectivity index (χ4v) is 2.13. The average molecular weight is 347 g/mol. The first kappa shape index (κ1) is 17.4. The lowest BCUT2D eigenvalue weighted by atomic mass is 10.2. The summed E-state index contributed by atoms with van der Waals surface area (Å²) in [4.78, 5) is 24.1. The number of anilines is 1. The molecule has 0 aliphatic heterocycles. The molecular formula is C17H12ClFN2O3. The van der Waals surface area contributed by atoms with Gasteiger partial charge in [-0.25, -0.2) is 9.18 Å². The molecule has 122 valence electrons. The largest absolute Gasteiger partial charge is 0.449 e. The predicted molar refractivity (Wildman–Crippen MR) is 86.1 cm³/mol. The van der Waals surface area contributed by atoms with Gasteiger partial charge in [-0.05, 0) is 31.2 Å². The summed E-state index contributed by atoms with van der Waals surface area (Å²) in [6, 6.07) is 12.1. The Morgan fingerprint density at radius 1 is 1.25 bits per heavy atom. The van der Waals surface area contributed by atoms with E-state index in [0.29, 0.717) is 0 Å². The molecule has 0 aromatic heterocycles. The van der Waals surface area contributed by atoms with Crippen LogP contribution in [0.25, 0.3) is 0 Å². The van der Waals surface area contributed by atoms with Gasteiger partial charge in [0.2, 0.25) is 0 Å². The van der Waals surface area contributed by atoms with Crippen molar-refractivity contribution in [3.8, 4) is 6.07 Å². The number of amides is 1. The second-order valence-corrected chi connectivity index (χ2v) is 5.20. The molecule has 7 heteroatoms. The Labute approximate surface area is 142 Å². The number of rotatable bonds is 4. The fourth-order valence-electron chi connectivity index (χ4n) is 1.89. The number of hydrogen-bond donors (Lipinski definition) is 1. The molecule has 0 fully saturated rings. The zero-order chi connectivity index (χ0) is 17.7. The molecule has 1 amide bonds. The summed E-state index contributed by atoms with van der Waals surface area (Å²) in [6.45, 7) is 1.33. The maximum atomic E-state index is 13.7. The normalized spacial score (nSPS) is 11.2. The van der Waals surface area contributed by atoms with Crippen LogP contribution in [0.4, 0.5) is 10.1 Å². The summed E-state index contributed by atoms with van der Waals surface area (Å²) < 4.78 is 18.6. The van der Waals surface area contributed by atoms with Gasteiger partial charge in [-0.1, -0.05) is 29.8 Å². The molecule has 0 aliphatic carbocycles. The molecule has 2 aromatic rings. The van der Waals surface area contributed by atoms with Crippen LogP contribution < -0.4 is 5.32 Å². The molecule has 0 saturated carbocycles. The van der Waals surface area contributed by atoms with E-state index in [9.17, 15) is 14.0 Å². The van der Waals surface area contributed by atoms with E-state index in [1.807, 2.05) is 6.07 Å². The monoisotopic (exact) mass is 346 g/mol. The first-order valence-corrected chi connectivity index (χ1v) is 7.27. The highest BCUT2D eigenvalue weighted by molar-refractivity contribution is 6.33. The summed E-state index contributed by atoms with van der Waals surface area (Å²) in [5.74, 6) is -2.54. The Bertz CT molecular complexity index is 813. The van der Waals surface area contributed by atoms with E-state index >= 15 is 0 Å². The summed E-state index contributed by atoms with van der Waals surface area (Å²) in [5.41, 5.74) is 0.120. The minimum atomic E-state index is -1.21. The molecule has 0 heterocycles. The van der Waals surface area contributed by atoms with Crippen LogP contribution in [-0.2, 0) is 9.53 Å². The lowest BCUT2D eigenvalue weighted by Gasteiger charge is -2.14. The highest BCUT2D eigenvalue weighted by Crippen LogP contribution is 2.21. The molecular weight excluding hydrogens is 335 g/mol. The van der Waals surface area contributed by atoms with Crippen LogP contribution in [0.5, 0.6) is 0 Å². The van der Waals surface area contributed by atoms with Crippen LogP contribution >= 0.6 is 11.6 Å². The predicted octanol–water partition coefficient (Wildman–Crippen LogP) is 3.53. The standard InChI is InChI=1S/C17H12ClFN2O3/c1-10(16(22)21-14-8-3-2-5-11(14)9-20)24-17(23)15-12(18)6-4-7-13(15)19/h2-8,10H,1H3,(H,21,22). The third-order valence-corrected chi connectivity index (χ3v) is 3.44. The molecule has 2 aromatic carbocycles. The first-order valence-electron chi connectivity index (χ1n) is 6.89. The number of nitrogens with zero attached hydrogens (tertiary/aromatic N) is 1. The number of esters is 1. The number of nitrogens with one attached hydrogen (secondary N) is 1. The van der Waals surface area contributed by atoms with Crippen LogP contribution in [0, 0.1) is 17.1 Å². The van der Waals surface area contributed by atoms with Crippen molar-refractivity contribution in [2.45, 2.75) is 13.0 Å². The van der Waals surface area contributed by atoms with Gasteiger partial charge in [-0.2, -0.15) is 5.26 Å². The molecule has 2 rings (SSSR count). The molecule has 0 bridgehead atoms. The maximum absolute atomic E-state index is 13.7. The van der Waals surface area contributed by atoms with Crippen molar-refractivity contribution in [2.24, 2.45) is 0 Å². The molecule has 0 radical (unpaired) electrons. The number of carbonyl (C=O) groups is 2. The van der Waals surface area contributed by atoms with Gasteiger partial charge >= 0.3 is 5.97 Å². The number of para-hydroxylation sites is 1.